The molecule has 1 aliphatic rings. The van der Waals surface area contributed by atoms with E-state index in [1.54, 1.807) is 0 Å². The van der Waals surface area contributed by atoms with Crippen LogP contribution in [0.5, 0.6) is 0 Å². The molecule has 0 unspecified atom stereocenters. The minimum absolute atomic E-state index is 0.455. The van der Waals surface area contributed by atoms with Gasteiger partial charge in [0.25, 0.3) is 0 Å². The maximum atomic E-state index is 5.48. The molecule has 1 saturated carbocycles. The molecule has 0 heterocycles. The maximum Gasteiger partial charge on any atom is 0.0571 e. The lowest BCUT2D eigenvalue weighted by Crippen LogP contribution is -2.19. The summed E-state index contributed by atoms with van der Waals surface area (Å²) >= 11 is 0. The molecule has 1 heteroatoms. The van der Waals surface area contributed by atoms with Gasteiger partial charge in [-0.25, -0.2) is 0 Å². The molecule has 0 bridgehead atoms. The first-order valence-corrected chi connectivity index (χ1v) is 11.0. The minimum Gasteiger partial charge on any atom is -0.381 e. The van der Waals surface area contributed by atoms with E-state index < -0.39 is 0 Å². The summed E-state index contributed by atoms with van der Waals surface area (Å²) in [6.45, 7) is 2.20. The van der Waals surface area contributed by atoms with E-state index in [2.05, 4.69) is 79.1 Å². The average Bonchev–Trinajstić information content (AvgIpc) is 2.79. The van der Waals surface area contributed by atoms with Gasteiger partial charge in [0.05, 0.1) is 6.10 Å². The van der Waals surface area contributed by atoms with Crippen LogP contribution >= 0.6 is 0 Å². The van der Waals surface area contributed by atoms with Gasteiger partial charge in [0.15, 0.2) is 0 Å². The molecule has 2 aromatic rings. The number of hydrogen-bond donors (Lipinski definition) is 0. The first-order valence-electron chi connectivity index (χ1n) is 11.0. The zero-order valence-electron chi connectivity index (χ0n) is 17.8. The SMILES string of the molecule is CCCCC#CCc1ccc(C#Cc2ccc(C3CCC(OC)CC3)cc2)cc1. The van der Waals surface area contributed by atoms with Crippen molar-refractivity contribution >= 4 is 0 Å². The zero-order chi connectivity index (χ0) is 20.3. The molecule has 0 atom stereocenters. The van der Waals surface area contributed by atoms with E-state index in [9.17, 15) is 0 Å². The molecule has 29 heavy (non-hydrogen) atoms. The number of hydrogen-bond acceptors (Lipinski definition) is 1. The average molecular weight is 385 g/mol. The van der Waals surface area contributed by atoms with E-state index in [4.69, 9.17) is 4.74 Å². The Balaban J connectivity index is 1.53. The Hall–Kier alpha value is -2.48. The fourth-order valence-electron chi connectivity index (χ4n) is 3.84. The largest absolute Gasteiger partial charge is 0.381 e. The lowest BCUT2D eigenvalue weighted by atomic mass is 9.82. The highest BCUT2D eigenvalue weighted by atomic mass is 16.5. The van der Waals surface area contributed by atoms with Crippen molar-refractivity contribution in [3.05, 3.63) is 70.8 Å². The topological polar surface area (TPSA) is 9.23 Å². The molecule has 0 amide bonds. The summed E-state index contributed by atoms with van der Waals surface area (Å²) in [6, 6.07) is 17.3. The molecule has 1 aliphatic carbocycles. The van der Waals surface area contributed by atoms with Crippen LogP contribution < -0.4 is 0 Å². The standard InChI is InChI=1S/C28H32O/c1-3-4-5-6-7-8-23-9-11-24(12-10-23)13-14-25-15-17-26(18-16-25)27-19-21-28(29-2)22-20-27/h9-12,15-18,27-28H,3-5,8,19-22H2,1-2H3. The lowest BCUT2D eigenvalue weighted by Gasteiger charge is -2.27. The Kier molecular flexibility index (Phi) is 8.42. The van der Waals surface area contributed by atoms with Gasteiger partial charge >= 0.3 is 0 Å². The van der Waals surface area contributed by atoms with Crippen LogP contribution in [-0.4, -0.2) is 13.2 Å². The summed E-state index contributed by atoms with van der Waals surface area (Å²) in [4.78, 5) is 0. The van der Waals surface area contributed by atoms with E-state index in [0.717, 1.165) is 24.0 Å². The Morgan fingerprint density at radius 3 is 2.03 bits per heavy atom. The first-order chi connectivity index (χ1) is 14.3. The highest BCUT2D eigenvalue weighted by molar-refractivity contribution is 5.44. The molecule has 0 radical (unpaired) electrons. The molecule has 150 valence electrons. The Morgan fingerprint density at radius 1 is 0.828 bits per heavy atom. The molecular formula is C28H32O. The summed E-state index contributed by atoms with van der Waals surface area (Å²) in [7, 11) is 1.83. The lowest BCUT2D eigenvalue weighted by molar-refractivity contribution is 0.0659. The molecular weight excluding hydrogens is 352 g/mol. The highest BCUT2D eigenvalue weighted by Gasteiger charge is 2.21. The minimum atomic E-state index is 0.455. The third kappa shape index (κ3) is 6.81. The van der Waals surface area contributed by atoms with E-state index >= 15 is 0 Å². The molecule has 0 aliphatic heterocycles. The second-order valence-corrected chi connectivity index (χ2v) is 7.91. The monoisotopic (exact) mass is 384 g/mol. The van der Waals surface area contributed by atoms with Crippen LogP contribution in [0.3, 0.4) is 0 Å². The summed E-state index contributed by atoms with van der Waals surface area (Å²) in [5.74, 6) is 13.7. The second kappa shape index (κ2) is 11.5. The fourth-order valence-corrected chi connectivity index (χ4v) is 3.84. The predicted octanol–water partition coefficient (Wildman–Crippen LogP) is 6.50. The van der Waals surface area contributed by atoms with Gasteiger partial charge in [0.1, 0.15) is 0 Å². The van der Waals surface area contributed by atoms with Crippen LogP contribution in [-0.2, 0) is 11.2 Å². The van der Waals surface area contributed by atoms with Crippen molar-refractivity contribution in [2.24, 2.45) is 0 Å². The van der Waals surface area contributed by atoms with Crippen molar-refractivity contribution in [3.8, 4) is 23.7 Å². The normalized spacial score (nSPS) is 18.3. The van der Waals surface area contributed by atoms with Crippen LogP contribution in [0.2, 0.25) is 0 Å². The molecule has 0 saturated heterocycles. The van der Waals surface area contributed by atoms with Crippen LogP contribution in [0, 0.1) is 23.7 Å². The molecule has 0 aromatic heterocycles. The van der Waals surface area contributed by atoms with Gasteiger partial charge < -0.3 is 4.74 Å². The van der Waals surface area contributed by atoms with Gasteiger partial charge in [0, 0.05) is 31.1 Å². The zero-order valence-corrected chi connectivity index (χ0v) is 17.8. The second-order valence-electron chi connectivity index (χ2n) is 7.91. The van der Waals surface area contributed by atoms with Crippen molar-refractivity contribution in [2.45, 2.75) is 70.3 Å². The molecule has 2 aromatic carbocycles. The van der Waals surface area contributed by atoms with E-state index in [-0.39, 0.29) is 0 Å². The van der Waals surface area contributed by atoms with Crippen LogP contribution in [0.15, 0.2) is 48.5 Å². The summed E-state index contributed by atoms with van der Waals surface area (Å²) in [5.41, 5.74) is 4.82. The molecule has 3 rings (SSSR count). The van der Waals surface area contributed by atoms with Crippen LogP contribution in [0.1, 0.15) is 80.0 Å². The van der Waals surface area contributed by atoms with Crippen molar-refractivity contribution in [1.29, 1.82) is 0 Å². The quantitative estimate of drug-likeness (QED) is 0.422. The number of methoxy groups -OCH3 is 1. The van der Waals surface area contributed by atoms with Crippen molar-refractivity contribution in [1.82, 2.24) is 0 Å². The van der Waals surface area contributed by atoms with Crippen molar-refractivity contribution < 1.29 is 4.74 Å². The van der Waals surface area contributed by atoms with Gasteiger partial charge in [0.2, 0.25) is 0 Å². The van der Waals surface area contributed by atoms with Gasteiger partial charge in [-0.1, -0.05) is 55.4 Å². The Labute approximate surface area is 176 Å². The Bertz CT molecular complexity index is 860. The third-order valence-corrected chi connectivity index (χ3v) is 5.77. The number of unbranched alkanes of at least 4 members (excludes halogenated alkanes) is 2. The van der Waals surface area contributed by atoms with Crippen LogP contribution in [0.4, 0.5) is 0 Å². The maximum absolute atomic E-state index is 5.48. The molecule has 1 fully saturated rings. The predicted molar refractivity (Wildman–Crippen MR) is 122 cm³/mol. The smallest absolute Gasteiger partial charge is 0.0571 e. The molecule has 0 spiro atoms. The van der Waals surface area contributed by atoms with Gasteiger partial charge in [-0.05, 0) is 73.4 Å². The van der Waals surface area contributed by atoms with Crippen molar-refractivity contribution in [3.63, 3.8) is 0 Å². The van der Waals surface area contributed by atoms with Gasteiger partial charge in [-0.3, -0.25) is 0 Å². The van der Waals surface area contributed by atoms with E-state index in [0.29, 0.717) is 12.0 Å². The first kappa shape index (κ1) is 21.2. The highest BCUT2D eigenvalue weighted by Crippen LogP contribution is 2.33. The summed E-state index contributed by atoms with van der Waals surface area (Å²) < 4.78 is 5.48. The number of ether oxygens (including phenoxy) is 1. The van der Waals surface area contributed by atoms with Crippen LogP contribution in [0.25, 0.3) is 0 Å². The van der Waals surface area contributed by atoms with Gasteiger partial charge in [-0.15, -0.1) is 5.92 Å². The third-order valence-electron chi connectivity index (χ3n) is 5.77. The van der Waals surface area contributed by atoms with E-state index in [1.807, 2.05) is 7.11 Å². The summed E-state index contributed by atoms with van der Waals surface area (Å²) in [5, 5.41) is 0. The molecule has 1 nitrogen and oxygen atoms in total. The van der Waals surface area contributed by atoms with Crippen molar-refractivity contribution in [2.75, 3.05) is 7.11 Å². The Morgan fingerprint density at radius 2 is 1.45 bits per heavy atom. The molecule has 0 N–H and O–H groups in total. The number of rotatable bonds is 5. The fraction of sp³-hybridized carbons (Fsp3) is 0.429. The van der Waals surface area contributed by atoms with E-state index in [1.165, 1.54) is 49.7 Å². The summed E-state index contributed by atoms with van der Waals surface area (Å²) in [6.07, 6.45) is 9.47. The van der Waals surface area contributed by atoms with Gasteiger partial charge in [-0.2, -0.15) is 0 Å². The number of benzene rings is 2.